The topological polar surface area (TPSA) is 50.4 Å². The second-order valence-corrected chi connectivity index (χ2v) is 5.12. The van der Waals surface area contributed by atoms with Crippen LogP contribution < -0.4 is 10.6 Å². The quantitative estimate of drug-likeness (QED) is 0.883. The highest BCUT2D eigenvalue weighted by Gasteiger charge is 2.21. The maximum absolute atomic E-state index is 11.8. The van der Waals surface area contributed by atoms with Crippen LogP contribution in [0.3, 0.4) is 0 Å². The van der Waals surface area contributed by atoms with E-state index in [2.05, 4.69) is 10.6 Å². The first-order valence-corrected chi connectivity index (χ1v) is 6.97. The summed E-state index contributed by atoms with van der Waals surface area (Å²) in [5, 5.41) is 7.19. The van der Waals surface area contributed by atoms with Crippen LogP contribution in [0.15, 0.2) is 18.2 Å². The van der Waals surface area contributed by atoms with Gasteiger partial charge in [0.2, 0.25) is 5.91 Å². The summed E-state index contributed by atoms with van der Waals surface area (Å²) in [6.45, 7) is 2.40. The summed E-state index contributed by atoms with van der Waals surface area (Å²) in [6.07, 6.45) is 0.195. The van der Waals surface area contributed by atoms with Crippen molar-refractivity contribution in [1.29, 1.82) is 0 Å². The van der Waals surface area contributed by atoms with Crippen molar-refractivity contribution >= 4 is 41.5 Å². The summed E-state index contributed by atoms with van der Waals surface area (Å²) < 4.78 is 5.36. The highest BCUT2D eigenvalue weighted by atomic mass is 35.5. The Morgan fingerprint density at radius 2 is 2.10 bits per heavy atom. The summed E-state index contributed by atoms with van der Waals surface area (Å²) >= 11 is 12.1. The van der Waals surface area contributed by atoms with Gasteiger partial charge in [0, 0.05) is 29.7 Å². The van der Waals surface area contributed by atoms with Gasteiger partial charge >= 0.3 is 0 Å². The first-order chi connectivity index (χ1) is 9.18. The van der Waals surface area contributed by atoms with Gasteiger partial charge in [-0.1, -0.05) is 29.3 Å². The number of hydrogen-bond donors (Lipinski definition) is 2. The molecule has 1 aliphatic heterocycles. The lowest BCUT2D eigenvalue weighted by Gasteiger charge is -2.22. The van der Waals surface area contributed by atoms with E-state index in [1.165, 1.54) is 0 Å². The average Bonchev–Trinajstić information content (AvgIpc) is 2.43. The molecule has 1 aliphatic rings. The molecule has 0 aliphatic carbocycles. The van der Waals surface area contributed by atoms with Gasteiger partial charge in [0.15, 0.2) is 0 Å². The van der Waals surface area contributed by atoms with Crippen LogP contribution in [0.4, 0.5) is 0 Å². The Kier molecular flexibility index (Phi) is 7.62. The van der Waals surface area contributed by atoms with E-state index in [0.29, 0.717) is 36.2 Å². The molecule has 7 heteroatoms. The minimum atomic E-state index is -0.407. The van der Waals surface area contributed by atoms with Crippen molar-refractivity contribution in [2.24, 2.45) is 0 Å². The van der Waals surface area contributed by atoms with E-state index in [1.807, 2.05) is 0 Å². The third kappa shape index (κ3) is 4.79. The van der Waals surface area contributed by atoms with Crippen molar-refractivity contribution in [1.82, 2.24) is 10.6 Å². The van der Waals surface area contributed by atoms with Gasteiger partial charge < -0.3 is 15.4 Å². The van der Waals surface area contributed by atoms with Gasteiger partial charge in [-0.05, 0) is 24.1 Å². The number of carbonyl (C=O) groups excluding carboxylic acids is 1. The van der Waals surface area contributed by atoms with Gasteiger partial charge in [-0.15, -0.1) is 12.4 Å². The summed E-state index contributed by atoms with van der Waals surface area (Å²) in [7, 11) is 0. The maximum atomic E-state index is 11.8. The summed E-state index contributed by atoms with van der Waals surface area (Å²) in [6, 6.07) is 5.38. The molecule has 0 radical (unpaired) electrons. The Hall–Kier alpha value is -0.520. The summed E-state index contributed by atoms with van der Waals surface area (Å²) in [5.41, 5.74) is 0.855. The minimum Gasteiger partial charge on any atom is -0.366 e. The number of halogens is 3. The van der Waals surface area contributed by atoms with Gasteiger partial charge in [-0.3, -0.25) is 4.79 Å². The van der Waals surface area contributed by atoms with E-state index in [9.17, 15) is 4.79 Å². The number of morpholine rings is 1. The van der Waals surface area contributed by atoms with E-state index in [4.69, 9.17) is 27.9 Å². The molecule has 4 nitrogen and oxygen atoms in total. The molecule has 2 rings (SSSR count). The van der Waals surface area contributed by atoms with Crippen LogP contribution in [0.25, 0.3) is 0 Å². The molecule has 1 heterocycles. The lowest BCUT2D eigenvalue weighted by molar-refractivity contribution is -0.134. The molecule has 1 saturated heterocycles. The predicted molar refractivity (Wildman–Crippen MR) is 83.0 cm³/mol. The fraction of sp³-hybridized carbons (Fsp3) is 0.462. The number of rotatable bonds is 4. The van der Waals surface area contributed by atoms with Crippen molar-refractivity contribution in [3.63, 3.8) is 0 Å². The molecule has 0 bridgehead atoms. The fourth-order valence-corrected chi connectivity index (χ4v) is 2.52. The highest BCUT2D eigenvalue weighted by Crippen LogP contribution is 2.24. The number of ether oxygens (including phenoxy) is 1. The Bertz CT molecular complexity index is 431. The van der Waals surface area contributed by atoms with Gasteiger partial charge in [-0.2, -0.15) is 0 Å². The lowest BCUT2D eigenvalue weighted by atomic mass is 10.1. The van der Waals surface area contributed by atoms with Crippen molar-refractivity contribution in [3.05, 3.63) is 33.8 Å². The number of benzene rings is 1. The van der Waals surface area contributed by atoms with Crippen LogP contribution in [0.1, 0.15) is 5.56 Å². The third-order valence-electron chi connectivity index (χ3n) is 2.96. The molecule has 20 heavy (non-hydrogen) atoms. The Balaban J connectivity index is 0.00000200. The first-order valence-electron chi connectivity index (χ1n) is 6.21. The fourth-order valence-electron chi connectivity index (χ4n) is 1.93. The van der Waals surface area contributed by atoms with Crippen LogP contribution in [-0.2, 0) is 16.0 Å². The van der Waals surface area contributed by atoms with Crippen LogP contribution in [0.5, 0.6) is 0 Å². The van der Waals surface area contributed by atoms with Gasteiger partial charge in [0.1, 0.15) is 6.10 Å². The van der Waals surface area contributed by atoms with E-state index in [-0.39, 0.29) is 18.3 Å². The molecular formula is C13H17Cl3N2O2. The van der Waals surface area contributed by atoms with Gasteiger partial charge in [0.25, 0.3) is 0 Å². The van der Waals surface area contributed by atoms with E-state index >= 15 is 0 Å². The molecule has 1 fully saturated rings. The Morgan fingerprint density at radius 1 is 1.40 bits per heavy atom. The van der Waals surface area contributed by atoms with E-state index in [1.54, 1.807) is 18.2 Å². The van der Waals surface area contributed by atoms with E-state index < -0.39 is 6.10 Å². The van der Waals surface area contributed by atoms with Crippen LogP contribution >= 0.6 is 35.6 Å². The molecule has 0 spiro atoms. The van der Waals surface area contributed by atoms with Crippen molar-refractivity contribution in [3.8, 4) is 0 Å². The van der Waals surface area contributed by atoms with Crippen molar-refractivity contribution < 1.29 is 9.53 Å². The number of carbonyl (C=O) groups is 1. The van der Waals surface area contributed by atoms with Gasteiger partial charge in [-0.25, -0.2) is 0 Å². The van der Waals surface area contributed by atoms with Crippen LogP contribution in [-0.4, -0.2) is 38.3 Å². The smallest absolute Gasteiger partial charge is 0.250 e. The van der Waals surface area contributed by atoms with E-state index in [0.717, 1.165) is 12.1 Å². The SMILES string of the molecule is Cl.O=C(NCCc1c(Cl)cccc1Cl)C1CNCCO1. The lowest BCUT2D eigenvalue weighted by Crippen LogP contribution is -2.48. The summed E-state index contributed by atoms with van der Waals surface area (Å²) in [5.74, 6) is -0.102. The molecule has 2 N–H and O–H groups in total. The maximum Gasteiger partial charge on any atom is 0.250 e. The third-order valence-corrected chi connectivity index (χ3v) is 3.66. The predicted octanol–water partition coefficient (Wildman–Crippen LogP) is 2.06. The first kappa shape index (κ1) is 17.5. The van der Waals surface area contributed by atoms with Gasteiger partial charge in [0.05, 0.1) is 6.61 Å². The standard InChI is InChI=1S/C13H16Cl2N2O2.ClH/c14-10-2-1-3-11(15)9(10)4-5-17-13(18)12-8-16-6-7-19-12;/h1-3,12,16H,4-8H2,(H,17,18);1H. The second kappa shape index (κ2) is 8.70. The Morgan fingerprint density at radius 3 is 2.70 bits per heavy atom. The number of hydrogen-bond acceptors (Lipinski definition) is 3. The number of nitrogens with one attached hydrogen (secondary N) is 2. The molecule has 0 aromatic heterocycles. The highest BCUT2D eigenvalue weighted by molar-refractivity contribution is 6.35. The minimum absolute atomic E-state index is 0. The monoisotopic (exact) mass is 338 g/mol. The molecule has 1 unspecified atom stereocenters. The van der Waals surface area contributed by atoms with Crippen molar-refractivity contribution in [2.45, 2.75) is 12.5 Å². The number of amides is 1. The van der Waals surface area contributed by atoms with Crippen LogP contribution in [0, 0.1) is 0 Å². The largest absolute Gasteiger partial charge is 0.366 e. The molecule has 1 aromatic carbocycles. The molecule has 1 atom stereocenters. The zero-order chi connectivity index (χ0) is 13.7. The summed E-state index contributed by atoms with van der Waals surface area (Å²) in [4.78, 5) is 11.8. The Labute approximate surface area is 134 Å². The van der Waals surface area contributed by atoms with Crippen molar-refractivity contribution in [2.75, 3.05) is 26.2 Å². The average molecular weight is 340 g/mol. The zero-order valence-corrected chi connectivity index (χ0v) is 13.2. The zero-order valence-electron chi connectivity index (χ0n) is 10.8. The molecular weight excluding hydrogens is 323 g/mol. The van der Waals surface area contributed by atoms with Crippen LogP contribution in [0.2, 0.25) is 10.0 Å². The molecule has 0 saturated carbocycles. The molecule has 1 amide bonds. The normalized spacial score (nSPS) is 18.2. The molecule has 112 valence electrons. The molecule has 1 aromatic rings. The second-order valence-electron chi connectivity index (χ2n) is 4.30.